The zero-order valence-corrected chi connectivity index (χ0v) is 16.5. The number of aryl methyl sites for hydroxylation is 1. The Bertz CT molecular complexity index is 1120. The minimum Gasteiger partial charge on any atom is -0.374 e. The van der Waals surface area contributed by atoms with Crippen molar-refractivity contribution in [2.75, 3.05) is 5.32 Å². The lowest BCUT2D eigenvalue weighted by Gasteiger charge is -2.29. The van der Waals surface area contributed by atoms with E-state index in [-0.39, 0.29) is 5.54 Å². The van der Waals surface area contributed by atoms with Gasteiger partial charge in [-0.05, 0) is 45.2 Å². The summed E-state index contributed by atoms with van der Waals surface area (Å²) in [6, 6.07) is 22.7. The Balaban J connectivity index is 1.74. The number of hydrogen-bond donors (Lipinski definition) is 2. The van der Waals surface area contributed by atoms with Crippen molar-refractivity contribution in [1.29, 1.82) is 0 Å². The summed E-state index contributed by atoms with van der Waals surface area (Å²) in [6.07, 6.45) is 0. The summed E-state index contributed by atoms with van der Waals surface area (Å²) < 4.78 is 0. The molecule has 28 heavy (non-hydrogen) atoms. The summed E-state index contributed by atoms with van der Waals surface area (Å²) >= 11 is 0. The van der Waals surface area contributed by atoms with Crippen LogP contribution < -0.4 is 5.32 Å². The van der Waals surface area contributed by atoms with Crippen molar-refractivity contribution in [2.24, 2.45) is 4.99 Å². The van der Waals surface area contributed by atoms with Gasteiger partial charge in [0.05, 0.1) is 27.9 Å². The molecule has 0 saturated carbocycles. The first kappa shape index (κ1) is 18.0. The molecule has 0 atom stereocenters. The van der Waals surface area contributed by atoms with E-state index in [0.717, 1.165) is 33.8 Å². The largest absolute Gasteiger partial charge is 0.374 e. The Morgan fingerprint density at radius 3 is 2.39 bits per heavy atom. The predicted molar refractivity (Wildman–Crippen MR) is 119 cm³/mol. The zero-order valence-electron chi connectivity index (χ0n) is 16.5. The van der Waals surface area contributed by atoms with Crippen LogP contribution in [0.25, 0.3) is 22.4 Å². The number of benzene rings is 3. The first-order chi connectivity index (χ1) is 13.5. The van der Waals surface area contributed by atoms with E-state index >= 15 is 0 Å². The number of fused-ring (bicyclic) bond motifs is 1. The van der Waals surface area contributed by atoms with Gasteiger partial charge in [0.1, 0.15) is 5.82 Å². The van der Waals surface area contributed by atoms with Crippen LogP contribution in [0.4, 0.5) is 11.4 Å². The molecule has 0 saturated heterocycles. The van der Waals surface area contributed by atoms with Crippen LogP contribution in [-0.4, -0.2) is 16.7 Å². The highest BCUT2D eigenvalue weighted by atomic mass is 15.0. The van der Waals surface area contributed by atoms with Crippen molar-refractivity contribution in [3.63, 3.8) is 0 Å². The highest BCUT2D eigenvalue weighted by Gasteiger charge is 2.22. The lowest BCUT2D eigenvalue weighted by Crippen LogP contribution is -2.27. The molecule has 4 rings (SSSR count). The van der Waals surface area contributed by atoms with Gasteiger partial charge in [-0.3, -0.25) is 4.99 Å². The minimum absolute atomic E-state index is 0.261. The molecule has 0 fully saturated rings. The molecule has 0 bridgehead atoms. The van der Waals surface area contributed by atoms with E-state index in [1.807, 2.05) is 36.4 Å². The number of imidazole rings is 1. The lowest BCUT2D eigenvalue weighted by atomic mass is 9.93. The van der Waals surface area contributed by atoms with Crippen LogP contribution in [0, 0.1) is 6.92 Å². The molecule has 0 aliphatic rings. The Labute approximate surface area is 165 Å². The smallest absolute Gasteiger partial charge is 0.138 e. The molecule has 2 N–H and O–H groups in total. The van der Waals surface area contributed by atoms with Gasteiger partial charge in [0.25, 0.3) is 0 Å². The van der Waals surface area contributed by atoms with E-state index in [1.54, 1.807) is 0 Å². The van der Waals surface area contributed by atoms with Gasteiger partial charge >= 0.3 is 0 Å². The van der Waals surface area contributed by atoms with E-state index in [4.69, 9.17) is 4.98 Å². The second-order valence-electron chi connectivity index (χ2n) is 7.61. The number of hydrogen-bond acceptors (Lipinski definition) is 3. The fourth-order valence-corrected chi connectivity index (χ4v) is 3.39. The van der Waals surface area contributed by atoms with Gasteiger partial charge in [-0.2, -0.15) is 0 Å². The standard InChI is InChI=1S/C24H24N4/c1-16-10-12-18(13-11-16)24(2,3)28-22-15-21-20(14-19(22)25-4)26-23(27-21)17-8-6-5-7-9-17/h5-15,28H,4H2,1-3H3,(H,26,27). The maximum absolute atomic E-state index is 4.73. The molecule has 0 radical (unpaired) electrons. The molecule has 1 aromatic heterocycles. The van der Waals surface area contributed by atoms with Gasteiger partial charge in [-0.15, -0.1) is 0 Å². The highest BCUT2D eigenvalue weighted by Crippen LogP contribution is 2.35. The molecule has 0 spiro atoms. The summed E-state index contributed by atoms with van der Waals surface area (Å²) in [5, 5.41) is 3.63. The van der Waals surface area contributed by atoms with E-state index in [9.17, 15) is 0 Å². The van der Waals surface area contributed by atoms with Gasteiger partial charge in [0.15, 0.2) is 0 Å². The first-order valence-corrected chi connectivity index (χ1v) is 9.37. The van der Waals surface area contributed by atoms with Crippen LogP contribution in [0.5, 0.6) is 0 Å². The molecule has 0 unspecified atom stereocenters. The normalized spacial score (nSPS) is 11.5. The van der Waals surface area contributed by atoms with E-state index in [0.29, 0.717) is 0 Å². The van der Waals surface area contributed by atoms with Crippen LogP contribution in [0.1, 0.15) is 25.0 Å². The second-order valence-corrected chi connectivity index (χ2v) is 7.61. The van der Waals surface area contributed by atoms with Crippen molar-refractivity contribution in [1.82, 2.24) is 9.97 Å². The number of rotatable bonds is 5. The van der Waals surface area contributed by atoms with Crippen LogP contribution in [0.3, 0.4) is 0 Å². The fraction of sp³-hybridized carbons (Fsp3) is 0.167. The second kappa shape index (κ2) is 6.97. The van der Waals surface area contributed by atoms with E-state index < -0.39 is 0 Å². The summed E-state index contributed by atoms with van der Waals surface area (Å²) in [5.74, 6) is 0.848. The Kier molecular flexibility index (Phi) is 4.47. The maximum atomic E-state index is 4.73. The molecule has 4 nitrogen and oxygen atoms in total. The van der Waals surface area contributed by atoms with Crippen molar-refractivity contribution in [3.8, 4) is 11.4 Å². The molecule has 1 heterocycles. The fourth-order valence-electron chi connectivity index (χ4n) is 3.39. The highest BCUT2D eigenvalue weighted by molar-refractivity contribution is 5.89. The van der Waals surface area contributed by atoms with Crippen LogP contribution in [0.15, 0.2) is 71.7 Å². The van der Waals surface area contributed by atoms with Gasteiger partial charge in [0.2, 0.25) is 0 Å². The van der Waals surface area contributed by atoms with Gasteiger partial charge in [-0.1, -0.05) is 60.2 Å². The molecular weight excluding hydrogens is 344 g/mol. The van der Waals surface area contributed by atoms with Gasteiger partial charge < -0.3 is 10.3 Å². The number of nitrogens with zero attached hydrogens (tertiary/aromatic N) is 2. The number of aromatic amines is 1. The Morgan fingerprint density at radius 2 is 1.71 bits per heavy atom. The molecule has 0 aliphatic heterocycles. The molecule has 3 aromatic carbocycles. The van der Waals surface area contributed by atoms with Crippen molar-refractivity contribution in [2.45, 2.75) is 26.3 Å². The third-order valence-electron chi connectivity index (χ3n) is 5.04. The summed E-state index contributed by atoms with van der Waals surface area (Å²) in [7, 11) is 0. The average molecular weight is 368 g/mol. The SMILES string of the molecule is C=Nc1cc2nc(-c3ccccc3)[nH]c2cc1NC(C)(C)c1ccc(C)cc1. The van der Waals surface area contributed by atoms with Gasteiger partial charge in [-0.25, -0.2) is 4.98 Å². The third kappa shape index (κ3) is 3.41. The summed E-state index contributed by atoms with van der Waals surface area (Å²) in [6.45, 7) is 10.2. The quantitative estimate of drug-likeness (QED) is 0.411. The van der Waals surface area contributed by atoms with Crippen LogP contribution in [0.2, 0.25) is 0 Å². The molecule has 4 aromatic rings. The zero-order chi connectivity index (χ0) is 19.7. The number of nitrogens with one attached hydrogen (secondary N) is 2. The maximum Gasteiger partial charge on any atom is 0.138 e. The number of aromatic nitrogens is 2. The molecule has 0 amide bonds. The lowest BCUT2D eigenvalue weighted by molar-refractivity contribution is 0.609. The number of anilines is 1. The number of aliphatic imine (C=N–C) groups is 1. The minimum atomic E-state index is -0.261. The van der Waals surface area contributed by atoms with Crippen molar-refractivity contribution >= 4 is 29.1 Å². The monoisotopic (exact) mass is 368 g/mol. The predicted octanol–water partition coefficient (Wildman–Crippen LogP) is 6.22. The first-order valence-electron chi connectivity index (χ1n) is 9.37. The summed E-state index contributed by atoms with van der Waals surface area (Å²) in [4.78, 5) is 12.4. The van der Waals surface area contributed by atoms with Crippen LogP contribution in [-0.2, 0) is 5.54 Å². The van der Waals surface area contributed by atoms with E-state index in [2.05, 4.69) is 73.1 Å². The molecule has 0 aliphatic carbocycles. The average Bonchev–Trinajstić information content (AvgIpc) is 3.11. The summed E-state index contributed by atoms with van der Waals surface area (Å²) in [5.41, 5.74) is 6.82. The van der Waals surface area contributed by atoms with Gasteiger partial charge in [0, 0.05) is 5.56 Å². The molecule has 4 heteroatoms. The van der Waals surface area contributed by atoms with Crippen molar-refractivity contribution in [3.05, 3.63) is 77.9 Å². The Morgan fingerprint density at radius 1 is 1.00 bits per heavy atom. The molecular formula is C24H24N4. The third-order valence-corrected chi connectivity index (χ3v) is 5.04. The van der Waals surface area contributed by atoms with E-state index in [1.165, 1.54) is 11.1 Å². The topological polar surface area (TPSA) is 53.1 Å². The Hall–Kier alpha value is -3.40. The molecule has 140 valence electrons. The number of H-pyrrole nitrogens is 1. The van der Waals surface area contributed by atoms with Crippen molar-refractivity contribution < 1.29 is 0 Å². The van der Waals surface area contributed by atoms with Crippen LogP contribution >= 0.6 is 0 Å².